The van der Waals surface area contributed by atoms with Gasteiger partial charge in [0.1, 0.15) is 12.3 Å². The second-order valence-corrected chi connectivity index (χ2v) is 8.26. The molecule has 7 nitrogen and oxygen atoms in total. The fourth-order valence-corrected chi connectivity index (χ4v) is 4.29. The molecule has 1 aliphatic heterocycles. The van der Waals surface area contributed by atoms with E-state index >= 15 is 0 Å². The highest BCUT2D eigenvalue weighted by Crippen LogP contribution is 2.16. The monoisotopic (exact) mass is 450 g/mol. The van der Waals surface area contributed by atoms with E-state index in [0.29, 0.717) is 18.8 Å². The average molecular weight is 451 g/mol. The number of rotatable bonds is 9. The minimum atomic E-state index is -1.51. The molecule has 1 saturated heterocycles. The summed E-state index contributed by atoms with van der Waals surface area (Å²) in [5, 5.41) is 30.0. The van der Waals surface area contributed by atoms with Gasteiger partial charge in [-0.1, -0.05) is 5.16 Å². The van der Waals surface area contributed by atoms with Crippen molar-refractivity contribution in [2.75, 3.05) is 26.2 Å². The minimum Gasteiger partial charge on any atom is -0.545 e. The quantitative estimate of drug-likeness (QED) is 0.260. The van der Waals surface area contributed by atoms with Crippen LogP contribution < -0.4 is 10.0 Å². The molecule has 0 aliphatic carbocycles. The van der Waals surface area contributed by atoms with Crippen LogP contribution in [0.3, 0.4) is 0 Å². The van der Waals surface area contributed by atoms with E-state index in [1.54, 1.807) is 27.6 Å². The van der Waals surface area contributed by atoms with Crippen molar-refractivity contribution in [3.05, 3.63) is 56.9 Å². The Bertz CT molecular complexity index is 758. The van der Waals surface area contributed by atoms with Crippen molar-refractivity contribution in [3.8, 4) is 0 Å². The molecular formula is C21H26N2O5S2. The molecule has 2 aromatic heterocycles. The molecule has 0 radical (unpaired) electrons. The second-order valence-electron chi connectivity index (χ2n) is 6.70. The first kappa shape index (κ1) is 23.8. The normalized spacial score (nSPS) is 14.0. The van der Waals surface area contributed by atoms with Gasteiger partial charge in [0.15, 0.2) is 0 Å². The van der Waals surface area contributed by atoms with Crippen molar-refractivity contribution in [1.82, 2.24) is 0 Å². The molecule has 0 unspecified atom stereocenters. The Balaban J connectivity index is 0.000000343. The Morgan fingerprint density at radius 1 is 1.10 bits per heavy atom. The van der Waals surface area contributed by atoms with E-state index in [2.05, 4.69) is 38.8 Å². The summed E-state index contributed by atoms with van der Waals surface area (Å²) < 4.78 is 0. The molecule has 0 atom stereocenters. The van der Waals surface area contributed by atoms with Gasteiger partial charge >= 0.3 is 5.97 Å². The first-order valence-electron chi connectivity index (χ1n) is 9.77. The standard InChI is InChI=1S/C17H22N2OS2.C4H4O4/c1-2-7-19(8-3-1)9-4-10-20-18-17(15-5-11-21-13-15)16-6-12-22-14-16;5-3(6)1-2-4(7)8/h5-6,11-14H,1-4,7-10H2;1-2H,(H,5,6)(H,7,8)/b;2-1+. The Morgan fingerprint density at radius 3 is 2.20 bits per heavy atom. The van der Waals surface area contributed by atoms with Crippen molar-refractivity contribution in [3.63, 3.8) is 0 Å². The van der Waals surface area contributed by atoms with Crippen LogP contribution in [0.25, 0.3) is 0 Å². The Hall–Kier alpha value is -2.49. The van der Waals surface area contributed by atoms with Crippen LogP contribution in [0.15, 0.2) is 51.0 Å². The highest BCUT2D eigenvalue weighted by atomic mass is 32.1. The van der Waals surface area contributed by atoms with Crippen LogP contribution in [0.5, 0.6) is 0 Å². The predicted octanol–water partition coefficient (Wildman–Crippen LogP) is 1.41. The number of carboxylic acids is 2. The summed E-state index contributed by atoms with van der Waals surface area (Å²) in [6, 6.07) is 4.20. The van der Waals surface area contributed by atoms with Crippen LogP contribution >= 0.6 is 22.7 Å². The summed E-state index contributed by atoms with van der Waals surface area (Å²) in [4.78, 5) is 26.3. The number of thiophene rings is 2. The molecular weight excluding hydrogens is 424 g/mol. The zero-order valence-corrected chi connectivity index (χ0v) is 18.3. The van der Waals surface area contributed by atoms with E-state index in [1.807, 2.05) is 0 Å². The van der Waals surface area contributed by atoms with Gasteiger partial charge in [-0.05, 0) is 48.2 Å². The molecule has 0 amide bonds. The fourth-order valence-electron chi connectivity index (χ4n) is 3.01. The van der Waals surface area contributed by atoms with Crippen molar-refractivity contribution < 1.29 is 29.5 Å². The van der Waals surface area contributed by atoms with E-state index in [1.165, 1.54) is 38.9 Å². The minimum absolute atomic E-state index is 0.447. The molecule has 0 bridgehead atoms. The van der Waals surface area contributed by atoms with Crippen molar-refractivity contribution in [2.45, 2.75) is 25.7 Å². The molecule has 2 N–H and O–H groups in total. The number of quaternary nitrogens is 1. The summed E-state index contributed by atoms with van der Waals surface area (Å²) >= 11 is 3.38. The fraction of sp³-hybridized carbons (Fsp3) is 0.381. The number of carboxylic acid groups (broad SMARTS) is 2. The van der Waals surface area contributed by atoms with Crippen LogP contribution in [0, 0.1) is 0 Å². The number of aliphatic carboxylic acids is 2. The highest BCUT2D eigenvalue weighted by molar-refractivity contribution is 7.08. The zero-order chi connectivity index (χ0) is 21.6. The number of nitrogens with zero attached hydrogens (tertiary/aromatic N) is 1. The lowest BCUT2D eigenvalue weighted by Gasteiger charge is -2.23. The lowest BCUT2D eigenvalue weighted by Crippen LogP contribution is -3.12. The first-order chi connectivity index (χ1) is 14.6. The van der Waals surface area contributed by atoms with Crippen molar-refractivity contribution >= 4 is 40.3 Å². The summed E-state index contributed by atoms with van der Waals surface area (Å²) in [6.07, 6.45) is 6.20. The van der Waals surface area contributed by atoms with Crippen LogP contribution in [-0.2, 0) is 14.4 Å². The number of carbonyl (C=O) groups excluding carboxylic acids is 1. The summed E-state index contributed by atoms with van der Waals surface area (Å²) in [5.41, 5.74) is 3.24. The van der Waals surface area contributed by atoms with Crippen molar-refractivity contribution in [1.29, 1.82) is 0 Å². The molecule has 30 heavy (non-hydrogen) atoms. The molecule has 162 valence electrons. The maximum Gasteiger partial charge on any atom is 0.328 e. The molecule has 0 saturated carbocycles. The van der Waals surface area contributed by atoms with Crippen LogP contribution in [-0.4, -0.2) is 49.0 Å². The number of hydrogen-bond acceptors (Lipinski definition) is 7. The zero-order valence-electron chi connectivity index (χ0n) is 16.6. The Morgan fingerprint density at radius 2 is 1.73 bits per heavy atom. The van der Waals surface area contributed by atoms with Crippen LogP contribution in [0.1, 0.15) is 36.8 Å². The molecule has 3 heterocycles. The maximum atomic E-state index is 9.53. The lowest BCUT2D eigenvalue weighted by atomic mass is 10.1. The highest BCUT2D eigenvalue weighted by Gasteiger charge is 2.13. The second kappa shape index (κ2) is 13.7. The third kappa shape index (κ3) is 9.34. The SMILES string of the molecule is O=C([O-])/C=C/C(=O)O.c1cc(C(=NOCCC[NH+]2CCCCC2)c2ccsc2)cs1. The molecule has 1 fully saturated rings. The topological polar surface area (TPSA) is 103 Å². The molecule has 1 aliphatic rings. The van der Waals surface area contributed by atoms with Gasteiger partial charge in [0.25, 0.3) is 0 Å². The van der Waals surface area contributed by atoms with E-state index in [-0.39, 0.29) is 0 Å². The molecule has 0 spiro atoms. The predicted molar refractivity (Wildman–Crippen MR) is 116 cm³/mol. The van der Waals surface area contributed by atoms with Gasteiger partial charge in [-0.25, -0.2) is 4.79 Å². The lowest BCUT2D eigenvalue weighted by molar-refractivity contribution is -0.905. The van der Waals surface area contributed by atoms with E-state index < -0.39 is 11.9 Å². The third-order valence-corrected chi connectivity index (χ3v) is 5.80. The van der Waals surface area contributed by atoms with Gasteiger partial charge in [-0.2, -0.15) is 22.7 Å². The molecule has 2 aromatic rings. The number of piperidine rings is 1. The number of nitrogens with one attached hydrogen (secondary N) is 1. The van der Waals surface area contributed by atoms with E-state index in [4.69, 9.17) is 9.94 Å². The largest absolute Gasteiger partial charge is 0.545 e. The van der Waals surface area contributed by atoms with Gasteiger partial charge in [0, 0.05) is 34.4 Å². The molecule has 9 heteroatoms. The maximum absolute atomic E-state index is 9.53. The van der Waals surface area contributed by atoms with E-state index in [0.717, 1.165) is 23.3 Å². The smallest absolute Gasteiger partial charge is 0.328 e. The average Bonchev–Trinajstić information content (AvgIpc) is 3.45. The van der Waals surface area contributed by atoms with Crippen molar-refractivity contribution in [2.24, 2.45) is 5.16 Å². The van der Waals surface area contributed by atoms with Gasteiger partial charge in [-0.3, -0.25) is 0 Å². The van der Waals surface area contributed by atoms with Crippen LogP contribution in [0.2, 0.25) is 0 Å². The molecule has 0 aromatic carbocycles. The number of likely N-dealkylation sites (tertiary alicyclic amines) is 1. The van der Waals surface area contributed by atoms with Gasteiger partial charge in [0.2, 0.25) is 0 Å². The summed E-state index contributed by atoms with van der Waals surface area (Å²) in [7, 11) is 0. The molecule has 3 rings (SSSR count). The third-order valence-electron chi connectivity index (χ3n) is 4.43. The first-order valence-corrected chi connectivity index (χ1v) is 11.7. The Kier molecular flexibility index (Phi) is 10.8. The van der Waals surface area contributed by atoms with Gasteiger partial charge < -0.3 is 24.7 Å². The van der Waals surface area contributed by atoms with Gasteiger partial charge in [-0.15, -0.1) is 0 Å². The number of hydrogen-bond donors (Lipinski definition) is 2. The number of oxime groups is 1. The Labute approximate surface area is 183 Å². The van der Waals surface area contributed by atoms with Gasteiger partial charge in [0.05, 0.1) is 25.6 Å². The summed E-state index contributed by atoms with van der Waals surface area (Å²) in [5.74, 6) is -2.80. The number of carbonyl (C=O) groups is 2. The van der Waals surface area contributed by atoms with Crippen LogP contribution in [0.4, 0.5) is 0 Å². The van der Waals surface area contributed by atoms with E-state index in [9.17, 15) is 14.7 Å². The summed E-state index contributed by atoms with van der Waals surface area (Å²) in [6.45, 7) is 4.58.